The van der Waals surface area contributed by atoms with Crippen molar-refractivity contribution in [3.63, 3.8) is 0 Å². The first kappa shape index (κ1) is 11.5. The molecular weight excluding hydrogens is 265 g/mol. The van der Waals surface area contributed by atoms with Gasteiger partial charge in [0.05, 0.1) is 0 Å². The Kier molecular flexibility index (Phi) is 4.42. The Hall–Kier alpha value is -0.540. The molecule has 14 heavy (non-hydrogen) atoms. The fourth-order valence-corrected chi connectivity index (χ4v) is 1.48. The highest BCUT2D eigenvalue weighted by molar-refractivity contribution is 9.09. The number of carbonyl (C=O) groups is 1. The van der Waals surface area contributed by atoms with Gasteiger partial charge in [0, 0.05) is 22.5 Å². The van der Waals surface area contributed by atoms with E-state index in [2.05, 4.69) is 21.2 Å². The maximum Gasteiger partial charge on any atom is 0.251 e. The van der Waals surface area contributed by atoms with E-state index in [0.717, 1.165) is 10.9 Å². The molecule has 0 unspecified atom stereocenters. The Morgan fingerprint density at radius 3 is 2.93 bits per heavy atom. The molecule has 0 atom stereocenters. The van der Waals surface area contributed by atoms with Crippen molar-refractivity contribution in [3.8, 4) is 0 Å². The third kappa shape index (κ3) is 2.72. The maximum absolute atomic E-state index is 11.6. The lowest BCUT2D eigenvalue weighted by Gasteiger charge is -2.07. The summed E-state index contributed by atoms with van der Waals surface area (Å²) in [5, 5.41) is 4.14. The molecular formula is C10H11BrClNO. The van der Waals surface area contributed by atoms with E-state index in [4.69, 9.17) is 11.6 Å². The second-order valence-electron chi connectivity index (χ2n) is 2.86. The molecule has 0 saturated carbocycles. The van der Waals surface area contributed by atoms with Gasteiger partial charge in [0.25, 0.3) is 5.91 Å². The highest BCUT2D eigenvalue weighted by Crippen LogP contribution is 2.18. The van der Waals surface area contributed by atoms with E-state index in [1.54, 1.807) is 18.2 Å². The molecule has 2 nitrogen and oxygen atoms in total. The van der Waals surface area contributed by atoms with Gasteiger partial charge in [-0.15, -0.1) is 0 Å². The summed E-state index contributed by atoms with van der Waals surface area (Å²) in [6.07, 6.45) is 0. The highest BCUT2D eigenvalue weighted by atomic mass is 79.9. The van der Waals surface area contributed by atoms with Crippen molar-refractivity contribution in [2.75, 3.05) is 11.9 Å². The first-order chi connectivity index (χ1) is 6.66. The Labute approximate surface area is 96.8 Å². The largest absolute Gasteiger partial charge is 0.351 e. The molecule has 1 N–H and O–H groups in total. The van der Waals surface area contributed by atoms with Crippen LogP contribution in [0.3, 0.4) is 0 Å². The van der Waals surface area contributed by atoms with Gasteiger partial charge in [0.1, 0.15) is 0 Å². The van der Waals surface area contributed by atoms with Crippen LogP contribution in [-0.2, 0) is 0 Å². The normalized spacial score (nSPS) is 9.93. The van der Waals surface area contributed by atoms with Crippen LogP contribution in [0.5, 0.6) is 0 Å². The summed E-state index contributed by atoms with van der Waals surface area (Å²) < 4.78 is 0. The van der Waals surface area contributed by atoms with Crippen molar-refractivity contribution in [2.24, 2.45) is 0 Å². The number of amides is 1. The van der Waals surface area contributed by atoms with E-state index in [1.807, 2.05) is 6.92 Å². The van der Waals surface area contributed by atoms with Gasteiger partial charge in [-0.05, 0) is 24.6 Å². The number of nitrogens with one attached hydrogen (secondary N) is 1. The van der Waals surface area contributed by atoms with Gasteiger partial charge in [0.15, 0.2) is 0 Å². The molecule has 0 bridgehead atoms. The molecule has 0 aromatic heterocycles. The molecule has 1 aromatic rings. The van der Waals surface area contributed by atoms with Gasteiger partial charge in [0.2, 0.25) is 0 Å². The van der Waals surface area contributed by atoms with E-state index in [0.29, 0.717) is 17.1 Å². The zero-order valence-corrected chi connectivity index (χ0v) is 10.2. The minimum atomic E-state index is -0.0792. The van der Waals surface area contributed by atoms with Crippen LogP contribution < -0.4 is 5.32 Å². The summed E-state index contributed by atoms with van der Waals surface area (Å²) in [6.45, 7) is 2.45. The number of halogens is 2. The van der Waals surface area contributed by atoms with Gasteiger partial charge >= 0.3 is 0 Å². The molecule has 0 heterocycles. The quantitative estimate of drug-likeness (QED) is 0.845. The van der Waals surface area contributed by atoms with Crippen LogP contribution in [0, 0.1) is 6.92 Å². The zero-order chi connectivity index (χ0) is 10.6. The number of alkyl halides is 1. The van der Waals surface area contributed by atoms with Gasteiger partial charge in [-0.25, -0.2) is 0 Å². The average molecular weight is 277 g/mol. The van der Waals surface area contributed by atoms with Gasteiger partial charge in [-0.1, -0.05) is 33.6 Å². The van der Waals surface area contributed by atoms with E-state index < -0.39 is 0 Å². The van der Waals surface area contributed by atoms with Crippen LogP contribution in [0.4, 0.5) is 0 Å². The fourth-order valence-electron chi connectivity index (χ4n) is 1.11. The van der Waals surface area contributed by atoms with Crippen molar-refractivity contribution in [1.29, 1.82) is 0 Å². The molecule has 0 aliphatic rings. The monoisotopic (exact) mass is 275 g/mol. The van der Waals surface area contributed by atoms with Crippen LogP contribution in [-0.4, -0.2) is 17.8 Å². The van der Waals surface area contributed by atoms with E-state index >= 15 is 0 Å². The number of hydrogen-bond donors (Lipinski definition) is 1. The van der Waals surface area contributed by atoms with Crippen LogP contribution >= 0.6 is 27.5 Å². The lowest BCUT2D eigenvalue weighted by atomic mass is 10.1. The van der Waals surface area contributed by atoms with Crippen molar-refractivity contribution in [3.05, 3.63) is 34.3 Å². The van der Waals surface area contributed by atoms with Crippen LogP contribution in [0.1, 0.15) is 15.9 Å². The molecule has 1 amide bonds. The lowest BCUT2D eigenvalue weighted by Crippen LogP contribution is -2.25. The standard InChI is InChI=1S/C10H11BrClNO/c1-7-8(3-2-4-9(7)12)10(14)13-6-5-11/h2-4H,5-6H2,1H3,(H,13,14). The van der Waals surface area contributed by atoms with Crippen molar-refractivity contribution in [2.45, 2.75) is 6.92 Å². The second-order valence-corrected chi connectivity index (χ2v) is 4.06. The number of carbonyl (C=O) groups excluding carboxylic acids is 1. The van der Waals surface area contributed by atoms with Crippen LogP contribution in [0.2, 0.25) is 5.02 Å². The van der Waals surface area contributed by atoms with E-state index in [1.165, 1.54) is 0 Å². The Balaban J connectivity index is 2.84. The molecule has 0 saturated heterocycles. The smallest absolute Gasteiger partial charge is 0.251 e. The summed E-state index contributed by atoms with van der Waals surface area (Å²) in [5.74, 6) is -0.0792. The summed E-state index contributed by atoms with van der Waals surface area (Å²) >= 11 is 9.15. The molecule has 0 radical (unpaired) electrons. The molecule has 76 valence electrons. The third-order valence-corrected chi connectivity index (χ3v) is 2.70. The zero-order valence-electron chi connectivity index (χ0n) is 7.81. The Morgan fingerprint density at radius 1 is 1.57 bits per heavy atom. The van der Waals surface area contributed by atoms with Gasteiger partial charge in [-0.2, -0.15) is 0 Å². The third-order valence-electron chi connectivity index (χ3n) is 1.89. The van der Waals surface area contributed by atoms with E-state index in [9.17, 15) is 4.79 Å². The fraction of sp³-hybridized carbons (Fsp3) is 0.300. The first-order valence-corrected chi connectivity index (χ1v) is 5.76. The van der Waals surface area contributed by atoms with E-state index in [-0.39, 0.29) is 5.91 Å². The summed E-state index contributed by atoms with van der Waals surface area (Å²) in [5.41, 5.74) is 1.46. The van der Waals surface area contributed by atoms with Crippen molar-refractivity contribution < 1.29 is 4.79 Å². The van der Waals surface area contributed by atoms with Crippen molar-refractivity contribution in [1.82, 2.24) is 5.32 Å². The predicted octanol–water partition coefficient (Wildman–Crippen LogP) is 2.77. The maximum atomic E-state index is 11.6. The SMILES string of the molecule is Cc1c(Cl)cccc1C(=O)NCCBr. The summed E-state index contributed by atoms with van der Waals surface area (Å²) in [7, 11) is 0. The Bertz CT molecular complexity index is 341. The number of hydrogen-bond acceptors (Lipinski definition) is 1. The molecule has 0 aliphatic heterocycles. The number of rotatable bonds is 3. The molecule has 0 aliphatic carbocycles. The van der Waals surface area contributed by atoms with Gasteiger partial charge < -0.3 is 5.32 Å². The van der Waals surface area contributed by atoms with Crippen molar-refractivity contribution >= 4 is 33.4 Å². The molecule has 0 spiro atoms. The number of benzene rings is 1. The lowest BCUT2D eigenvalue weighted by molar-refractivity contribution is 0.0955. The molecule has 1 aromatic carbocycles. The summed E-state index contributed by atoms with van der Waals surface area (Å²) in [4.78, 5) is 11.6. The minimum Gasteiger partial charge on any atom is -0.351 e. The summed E-state index contributed by atoms with van der Waals surface area (Å²) in [6, 6.07) is 5.32. The second kappa shape index (κ2) is 5.37. The molecule has 1 rings (SSSR count). The highest BCUT2D eigenvalue weighted by Gasteiger charge is 2.09. The van der Waals surface area contributed by atoms with Crippen LogP contribution in [0.15, 0.2) is 18.2 Å². The van der Waals surface area contributed by atoms with Gasteiger partial charge in [-0.3, -0.25) is 4.79 Å². The minimum absolute atomic E-state index is 0.0792. The predicted molar refractivity (Wildman–Crippen MR) is 62.3 cm³/mol. The Morgan fingerprint density at radius 2 is 2.29 bits per heavy atom. The topological polar surface area (TPSA) is 29.1 Å². The first-order valence-electron chi connectivity index (χ1n) is 4.26. The van der Waals surface area contributed by atoms with Crippen LogP contribution in [0.25, 0.3) is 0 Å². The molecule has 4 heteroatoms. The molecule has 0 fully saturated rings. The average Bonchev–Trinajstić information content (AvgIpc) is 2.18.